The molecule has 0 aliphatic carbocycles. The Bertz CT molecular complexity index is 810. The van der Waals surface area contributed by atoms with Gasteiger partial charge in [-0.2, -0.15) is 0 Å². The number of halogens is 2. The number of hydrogen-bond acceptors (Lipinski definition) is 5. The Morgan fingerprint density at radius 3 is 2.48 bits per heavy atom. The van der Waals surface area contributed by atoms with Crippen LogP contribution in [0.2, 0.25) is 0 Å². The minimum atomic E-state index is -0.589. The van der Waals surface area contributed by atoms with E-state index in [-0.39, 0.29) is 13.2 Å². The van der Waals surface area contributed by atoms with Gasteiger partial charge < -0.3 is 19.5 Å². The smallest absolute Gasteiger partial charge is 0.408 e. The van der Waals surface area contributed by atoms with Gasteiger partial charge >= 0.3 is 6.09 Å². The Balaban J connectivity index is 1.99. The number of alkyl carbamates (subject to hydrolysis) is 1. The SMILES string of the molecule is Cc1nc(OCC(COCc2ccccc2)NC(=O)OC(C)(C)C)c(Br)cc1Br. The first-order valence-electron chi connectivity index (χ1n) is 9.20. The van der Waals surface area contributed by atoms with Crippen LogP contribution >= 0.6 is 31.9 Å². The number of aromatic nitrogens is 1. The van der Waals surface area contributed by atoms with Crippen LogP contribution in [0, 0.1) is 6.92 Å². The van der Waals surface area contributed by atoms with E-state index in [2.05, 4.69) is 42.2 Å². The molecule has 29 heavy (non-hydrogen) atoms. The lowest BCUT2D eigenvalue weighted by atomic mass is 10.2. The van der Waals surface area contributed by atoms with Gasteiger partial charge in [0, 0.05) is 4.47 Å². The molecule has 0 fully saturated rings. The number of aryl methyl sites for hydroxylation is 1. The minimum Gasteiger partial charge on any atom is -0.475 e. The van der Waals surface area contributed by atoms with Crippen LogP contribution in [-0.4, -0.2) is 35.9 Å². The highest BCUT2D eigenvalue weighted by Crippen LogP contribution is 2.28. The number of pyridine rings is 1. The summed E-state index contributed by atoms with van der Waals surface area (Å²) in [5, 5.41) is 2.81. The normalized spacial score (nSPS) is 12.3. The second-order valence-electron chi connectivity index (χ2n) is 7.50. The Hall–Kier alpha value is -1.64. The van der Waals surface area contributed by atoms with Crippen molar-refractivity contribution in [3.8, 4) is 5.88 Å². The second-order valence-corrected chi connectivity index (χ2v) is 9.21. The minimum absolute atomic E-state index is 0.181. The summed E-state index contributed by atoms with van der Waals surface area (Å²) in [5.41, 5.74) is 1.27. The molecule has 0 spiro atoms. The number of nitrogens with zero attached hydrogens (tertiary/aromatic N) is 1. The zero-order valence-electron chi connectivity index (χ0n) is 17.0. The molecule has 0 bridgehead atoms. The summed E-state index contributed by atoms with van der Waals surface area (Å²) in [4.78, 5) is 16.6. The maximum Gasteiger partial charge on any atom is 0.408 e. The lowest BCUT2D eigenvalue weighted by Crippen LogP contribution is -2.44. The first-order valence-corrected chi connectivity index (χ1v) is 10.8. The molecule has 0 radical (unpaired) electrons. The van der Waals surface area contributed by atoms with Crippen LogP contribution < -0.4 is 10.1 Å². The molecule has 0 aliphatic heterocycles. The lowest BCUT2D eigenvalue weighted by molar-refractivity contribution is 0.0379. The van der Waals surface area contributed by atoms with E-state index in [1.165, 1.54) is 0 Å². The molecular formula is C21H26Br2N2O4. The second kappa shape index (κ2) is 10.9. The van der Waals surface area contributed by atoms with Crippen LogP contribution in [0.15, 0.2) is 45.3 Å². The summed E-state index contributed by atoms with van der Waals surface area (Å²) in [6.45, 7) is 8.21. The predicted octanol–water partition coefficient (Wildman–Crippen LogP) is 5.40. The highest BCUT2D eigenvalue weighted by molar-refractivity contribution is 9.11. The zero-order valence-corrected chi connectivity index (χ0v) is 20.2. The van der Waals surface area contributed by atoms with E-state index in [0.29, 0.717) is 12.5 Å². The number of benzene rings is 1. The molecule has 0 aliphatic rings. The molecule has 1 heterocycles. The number of carbonyl (C=O) groups excluding carboxylic acids is 1. The van der Waals surface area contributed by atoms with Gasteiger partial charge in [0.25, 0.3) is 0 Å². The van der Waals surface area contributed by atoms with Crippen molar-refractivity contribution < 1.29 is 19.0 Å². The van der Waals surface area contributed by atoms with Gasteiger partial charge in [0.1, 0.15) is 12.2 Å². The first-order chi connectivity index (χ1) is 13.6. The van der Waals surface area contributed by atoms with E-state index in [4.69, 9.17) is 14.2 Å². The van der Waals surface area contributed by atoms with Crippen LogP contribution in [0.1, 0.15) is 32.0 Å². The third kappa shape index (κ3) is 8.72. The Morgan fingerprint density at radius 1 is 1.14 bits per heavy atom. The lowest BCUT2D eigenvalue weighted by Gasteiger charge is -2.24. The van der Waals surface area contributed by atoms with Crippen LogP contribution in [-0.2, 0) is 16.1 Å². The molecule has 2 rings (SSSR count). The Labute approximate surface area is 188 Å². The monoisotopic (exact) mass is 528 g/mol. The molecule has 1 unspecified atom stereocenters. The van der Waals surface area contributed by atoms with E-state index in [1.807, 2.05) is 64.1 Å². The summed E-state index contributed by atoms with van der Waals surface area (Å²) in [6.07, 6.45) is -0.520. The summed E-state index contributed by atoms with van der Waals surface area (Å²) < 4.78 is 18.6. The van der Waals surface area contributed by atoms with Crippen LogP contribution in [0.4, 0.5) is 4.79 Å². The molecule has 1 aromatic heterocycles. The van der Waals surface area contributed by atoms with E-state index in [9.17, 15) is 4.79 Å². The number of ether oxygens (including phenoxy) is 3. The van der Waals surface area contributed by atoms with Gasteiger partial charge in [-0.05, 0) is 71.2 Å². The number of carbonyl (C=O) groups is 1. The van der Waals surface area contributed by atoms with E-state index < -0.39 is 17.7 Å². The fourth-order valence-electron chi connectivity index (χ4n) is 2.32. The maximum atomic E-state index is 12.2. The van der Waals surface area contributed by atoms with E-state index in [0.717, 1.165) is 20.2 Å². The van der Waals surface area contributed by atoms with Crippen molar-refractivity contribution in [2.24, 2.45) is 0 Å². The van der Waals surface area contributed by atoms with Crippen molar-refractivity contribution in [2.75, 3.05) is 13.2 Å². The fourth-order valence-corrected chi connectivity index (χ4v) is 3.37. The van der Waals surface area contributed by atoms with Crippen LogP contribution in [0.5, 0.6) is 5.88 Å². The van der Waals surface area contributed by atoms with Crippen molar-refractivity contribution in [1.29, 1.82) is 0 Å². The van der Waals surface area contributed by atoms with Gasteiger partial charge in [0.15, 0.2) is 0 Å². The number of amides is 1. The molecular weight excluding hydrogens is 504 g/mol. The predicted molar refractivity (Wildman–Crippen MR) is 119 cm³/mol. The average molecular weight is 530 g/mol. The summed E-state index contributed by atoms with van der Waals surface area (Å²) in [7, 11) is 0. The summed E-state index contributed by atoms with van der Waals surface area (Å²) in [6, 6.07) is 11.3. The zero-order chi connectivity index (χ0) is 21.4. The molecule has 0 saturated heterocycles. The van der Waals surface area contributed by atoms with Gasteiger partial charge in [-0.15, -0.1) is 0 Å². The van der Waals surface area contributed by atoms with Gasteiger partial charge in [0.2, 0.25) is 5.88 Å². The molecule has 0 saturated carbocycles. The number of nitrogens with one attached hydrogen (secondary N) is 1. The summed E-state index contributed by atoms with van der Waals surface area (Å²) >= 11 is 6.88. The quantitative estimate of drug-likeness (QED) is 0.495. The van der Waals surface area contributed by atoms with Crippen LogP contribution in [0.25, 0.3) is 0 Å². The third-order valence-electron chi connectivity index (χ3n) is 3.65. The van der Waals surface area contributed by atoms with E-state index in [1.54, 1.807) is 0 Å². The Kier molecular flexibility index (Phi) is 8.92. The molecule has 158 valence electrons. The van der Waals surface area contributed by atoms with Gasteiger partial charge in [-0.3, -0.25) is 0 Å². The van der Waals surface area contributed by atoms with Crippen LogP contribution in [0.3, 0.4) is 0 Å². The molecule has 8 heteroatoms. The molecule has 1 N–H and O–H groups in total. The molecule has 1 atom stereocenters. The van der Waals surface area contributed by atoms with Gasteiger partial charge in [0.05, 0.1) is 29.4 Å². The largest absolute Gasteiger partial charge is 0.475 e. The highest BCUT2D eigenvalue weighted by Gasteiger charge is 2.21. The topological polar surface area (TPSA) is 69.7 Å². The standard InChI is InChI=1S/C21H26Br2N2O4/c1-14-17(22)10-18(23)19(24-14)28-13-16(25-20(26)29-21(2,3)4)12-27-11-15-8-6-5-7-9-15/h5-10,16H,11-13H2,1-4H3,(H,25,26). The van der Waals surface area contributed by atoms with Gasteiger partial charge in [-0.1, -0.05) is 30.3 Å². The van der Waals surface area contributed by atoms with Crippen molar-refractivity contribution in [3.63, 3.8) is 0 Å². The van der Waals surface area contributed by atoms with Crippen molar-refractivity contribution in [2.45, 2.75) is 45.9 Å². The number of hydrogen-bond donors (Lipinski definition) is 1. The number of rotatable bonds is 8. The Morgan fingerprint density at radius 2 is 1.83 bits per heavy atom. The maximum absolute atomic E-state index is 12.2. The fraction of sp³-hybridized carbons (Fsp3) is 0.429. The van der Waals surface area contributed by atoms with Gasteiger partial charge in [-0.25, -0.2) is 9.78 Å². The highest BCUT2D eigenvalue weighted by atomic mass is 79.9. The van der Waals surface area contributed by atoms with Crippen molar-refractivity contribution >= 4 is 38.0 Å². The summed E-state index contributed by atoms with van der Waals surface area (Å²) in [5.74, 6) is 0.449. The molecule has 2 aromatic rings. The molecule has 1 amide bonds. The third-order valence-corrected chi connectivity index (χ3v) is 5.02. The first kappa shape index (κ1) is 23.6. The molecule has 6 nitrogen and oxygen atoms in total. The average Bonchev–Trinajstić information content (AvgIpc) is 2.62. The van der Waals surface area contributed by atoms with Crippen molar-refractivity contribution in [1.82, 2.24) is 10.3 Å². The van der Waals surface area contributed by atoms with Crippen molar-refractivity contribution in [3.05, 3.63) is 56.6 Å². The van der Waals surface area contributed by atoms with E-state index >= 15 is 0 Å². The molecule has 1 aromatic carbocycles.